The Hall–Kier alpha value is -2.16. The molecule has 1 aromatic carbocycles. The topological polar surface area (TPSA) is 25.5 Å². The highest BCUT2D eigenvalue weighted by Gasteiger charge is 1.99. The number of hydrogen-bond acceptors (Lipinski definition) is 2. The summed E-state index contributed by atoms with van der Waals surface area (Å²) in [7, 11) is 1.97. The number of aromatic nitrogens is 1. The Morgan fingerprint density at radius 3 is 2.65 bits per heavy atom. The number of nitrogens with zero attached hydrogens (tertiary/aromatic N) is 2. The zero-order chi connectivity index (χ0) is 11.9. The lowest BCUT2D eigenvalue weighted by Crippen LogP contribution is -2.32. The number of pyridine rings is 1. The van der Waals surface area contributed by atoms with Crippen molar-refractivity contribution in [3.63, 3.8) is 0 Å². The molecule has 0 fully saturated rings. The fraction of sp³-hybridized carbons (Fsp3) is 0.143. The van der Waals surface area contributed by atoms with Crippen molar-refractivity contribution in [3.05, 3.63) is 66.0 Å². The fourth-order valence-electron chi connectivity index (χ4n) is 1.45. The van der Waals surface area contributed by atoms with Crippen LogP contribution in [-0.4, -0.2) is 6.21 Å². The Bertz CT molecular complexity index is 495. The van der Waals surface area contributed by atoms with E-state index in [1.807, 2.05) is 66.3 Å². The summed E-state index contributed by atoms with van der Waals surface area (Å²) < 4.78 is 1.98. The van der Waals surface area contributed by atoms with Gasteiger partial charge < -0.3 is 4.84 Å². The van der Waals surface area contributed by atoms with Gasteiger partial charge in [0.25, 0.3) is 0 Å². The van der Waals surface area contributed by atoms with Gasteiger partial charge in [0.2, 0.25) is 5.69 Å². The van der Waals surface area contributed by atoms with Gasteiger partial charge in [0.15, 0.2) is 6.20 Å². The molecule has 1 heterocycles. The van der Waals surface area contributed by atoms with Crippen LogP contribution in [0.3, 0.4) is 0 Å². The molecular weight excluding hydrogens is 212 g/mol. The summed E-state index contributed by atoms with van der Waals surface area (Å²) in [5.74, 6) is 0. The van der Waals surface area contributed by atoms with E-state index in [9.17, 15) is 0 Å². The third kappa shape index (κ3) is 3.41. The van der Waals surface area contributed by atoms with Crippen LogP contribution in [0.15, 0.2) is 59.9 Å². The molecule has 0 unspecified atom stereocenters. The number of aryl methyl sites for hydroxylation is 1. The third-order valence-corrected chi connectivity index (χ3v) is 2.43. The first-order chi connectivity index (χ1) is 8.36. The van der Waals surface area contributed by atoms with Gasteiger partial charge in [0.05, 0.1) is 0 Å². The molecule has 0 atom stereocenters. The smallest absolute Gasteiger partial charge is 0.226 e. The van der Waals surface area contributed by atoms with Crippen molar-refractivity contribution in [1.29, 1.82) is 0 Å². The van der Waals surface area contributed by atoms with E-state index < -0.39 is 0 Å². The normalized spacial score (nSPS) is 10.6. The molecule has 0 aliphatic carbocycles. The SMILES string of the molecule is C[n+]1ccccc1/C=N\OCc1ccccc1. The van der Waals surface area contributed by atoms with Crippen molar-refractivity contribution >= 4 is 6.21 Å². The first-order valence-corrected chi connectivity index (χ1v) is 5.50. The molecule has 2 aromatic rings. The summed E-state index contributed by atoms with van der Waals surface area (Å²) in [6.07, 6.45) is 3.68. The van der Waals surface area contributed by atoms with Gasteiger partial charge in [-0.15, -0.1) is 0 Å². The maximum absolute atomic E-state index is 5.23. The minimum absolute atomic E-state index is 0.494. The molecule has 0 aliphatic rings. The molecule has 17 heavy (non-hydrogen) atoms. The molecule has 86 valence electrons. The van der Waals surface area contributed by atoms with Gasteiger partial charge in [-0.1, -0.05) is 35.5 Å². The van der Waals surface area contributed by atoms with Crippen LogP contribution >= 0.6 is 0 Å². The first-order valence-electron chi connectivity index (χ1n) is 5.50. The Morgan fingerprint density at radius 1 is 1.12 bits per heavy atom. The summed E-state index contributed by atoms with van der Waals surface area (Å²) in [5.41, 5.74) is 2.11. The molecule has 0 spiro atoms. The molecule has 2 rings (SSSR count). The highest BCUT2D eigenvalue weighted by Crippen LogP contribution is 2.00. The molecule has 0 amide bonds. The van der Waals surface area contributed by atoms with E-state index >= 15 is 0 Å². The Morgan fingerprint density at radius 2 is 1.88 bits per heavy atom. The van der Waals surface area contributed by atoms with Crippen molar-refractivity contribution in [2.45, 2.75) is 6.61 Å². The minimum atomic E-state index is 0.494. The van der Waals surface area contributed by atoms with Crippen LogP contribution in [0.5, 0.6) is 0 Å². The van der Waals surface area contributed by atoms with Crippen molar-refractivity contribution in [2.75, 3.05) is 0 Å². The first kappa shape index (κ1) is 11.3. The summed E-state index contributed by atoms with van der Waals surface area (Å²) in [5, 5.41) is 3.95. The van der Waals surface area contributed by atoms with Crippen molar-refractivity contribution < 1.29 is 9.40 Å². The molecule has 3 nitrogen and oxygen atoms in total. The lowest BCUT2D eigenvalue weighted by atomic mass is 10.2. The maximum atomic E-state index is 5.23. The lowest BCUT2D eigenvalue weighted by Gasteiger charge is -1.98. The van der Waals surface area contributed by atoms with Crippen LogP contribution in [0.4, 0.5) is 0 Å². The zero-order valence-corrected chi connectivity index (χ0v) is 9.78. The predicted molar refractivity (Wildman–Crippen MR) is 66.4 cm³/mol. The Labute approximate surface area is 101 Å². The third-order valence-electron chi connectivity index (χ3n) is 2.43. The van der Waals surface area contributed by atoms with Gasteiger partial charge in [-0.2, -0.15) is 0 Å². The van der Waals surface area contributed by atoms with Gasteiger partial charge >= 0.3 is 0 Å². The summed E-state index contributed by atoms with van der Waals surface area (Å²) in [6.45, 7) is 0.494. The van der Waals surface area contributed by atoms with Crippen LogP contribution < -0.4 is 4.57 Å². The number of benzene rings is 1. The van der Waals surface area contributed by atoms with E-state index in [4.69, 9.17) is 4.84 Å². The van der Waals surface area contributed by atoms with E-state index in [-0.39, 0.29) is 0 Å². The van der Waals surface area contributed by atoms with E-state index in [2.05, 4.69) is 5.16 Å². The van der Waals surface area contributed by atoms with Gasteiger partial charge in [-0.25, -0.2) is 4.57 Å². The average molecular weight is 227 g/mol. The summed E-state index contributed by atoms with van der Waals surface area (Å²) >= 11 is 0. The highest BCUT2D eigenvalue weighted by atomic mass is 16.6. The van der Waals surface area contributed by atoms with Crippen molar-refractivity contribution in [3.8, 4) is 0 Å². The zero-order valence-electron chi connectivity index (χ0n) is 9.78. The number of oxime groups is 1. The lowest BCUT2D eigenvalue weighted by molar-refractivity contribution is -0.672. The van der Waals surface area contributed by atoms with E-state index in [1.165, 1.54) is 0 Å². The van der Waals surface area contributed by atoms with Crippen LogP contribution in [0, 0.1) is 0 Å². The molecule has 0 bridgehead atoms. The molecule has 3 heteroatoms. The molecule has 0 radical (unpaired) electrons. The fourth-order valence-corrected chi connectivity index (χ4v) is 1.45. The maximum Gasteiger partial charge on any atom is 0.226 e. The highest BCUT2D eigenvalue weighted by molar-refractivity contribution is 5.74. The molecule has 0 saturated carbocycles. The Kier molecular flexibility index (Phi) is 3.86. The van der Waals surface area contributed by atoms with E-state index in [0.717, 1.165) is 11.3 Å². The van der Waals surface area contributed by atoms with Crippen LogP contribution in [-0.2, 0) is 18.5 Å². The van der Waals surface area contributed by atoms with Gasteiger partial charge in [-0.3, -0.25) is 0 Å². The van der Waals surface area contributed by atoms with E-state index in [0.29, 0.717) is 6.61 Å². The monoisotopic (exact) mass is 227 g/mol. The largest absolute Gasteiger partial charge is 0.391 e. The quantitative estimate of drug-likeness (QED) is 0.446. The van der Waals surface area contributed by atoms with Crippen LogP contribution in [0.2, 0.25) is 0 Å². The minimum Gasteiger partial charge on any atom is -0.391 e. The molecule has 0 saturated heterocycles. The average Bonchev–Trinajstić information content (AvgIpc) is 2.38. The number of hydrogen-bond donors (Lipinski definition) is 0. The van der Waals surface area contributed by atoms with Gasteiger partial charge in [0, 0.05) is 12.1 Å². The van der Waals surface area contributed by atoms with Gasteiger partial charge in [0.1, 0.15) is 19.9 Å². The van der Waals surface area contributed by atoms with Crippen LogP contribution in [0.25, 0.3) is 0 Å². The predicted octanol–water partition coefficient (Wildman–Crippen LogP) is 2.06. The molecule has 0 aliphatic heterocycles. The molecule has 1 aromatic heterocycles. The summed E-state index contributed by atoms with van der Waals surface area (Å²) in [4.78, 5) is 5.23. The van der Waals surface area contributed by atoms with Crippen molar-refractivity contribution in [2.24, 2.45) is 12.2 Å². The van der Waals surface area contributed by atoms with E-state index in [1.54, 1.807) is 6.21 Å². The van der Waals surface area contributed by atoms with Gasteiger partial charge in [-0.05, 0) is 11.6 Å². The molecule has 0 N–H and O–H groups in total. The second-order valence-corrected chi connectivity index (χ2v) is 3.73. The number of rotatable bonds is 4. The Balaban J connectivity index is 1.89. The standard InChI is InChI=1S/C14H15N2O/c1-16-10-6-5-9-14(16)11-15-17-12-13-7-3-2-4-8-13/h2-11H,12H2,1H3/q+1/b15-11-. The molecular formula is C14H15N2O+. The second kappa shape index (κ2) is 5.80. The van der Waals surface area contributed by atoms with Crippen molar-refractivity contribution in [1.82, 2.24) is 0 Å². The second-order valence-electron chi connectivity index (χ2n) is 3.73. The van der Waals surface area contributed by atoms with Crippen LogP contribution in [0.1, 0.15) is 11.3 Å². The summed E-state index contributed by atoms with van der Waals surface area (Å²) in [6, 6.07) is 15.9.